The molecule has 0 spiro atoms. The molecule has 0 aliphatic rings. The summed E-state index contributed by atoms with van der Waals surface area (Å²) in [4.78, 5) is 5.53. The Kier molecular flexibility index (Phi) is 3.45. The van der Waals surface area contributed by atoms with Crippen LogP contribution in [0.15, 0.2) is 18.2 Å². The molecule has 0 aliphatic heterocycles. The van der Waals surface area contributed by atoms with E-state index in [0.717, 1.165) is 26.9 Å². The molecule has 0 saturated carbocycles. The summed E-state index contributed by atoms with van der Waals surface area (Å²) < 4.78 is 5.35. The van der Waals surface area contributed by atoms with Crippen LogP contribution in [0.3, 0.4) is 0 Å². The van der Waals surface area contributed by atoms with Crippen LogP contribution in [0.25, 0.3) is 11.3 Å². The minimum Gasteiger partial charge on any atom is -0.496 e. The van der Waals surface area contributed by atoms with Crippen LogP contribution in [0.5, 0.6) is 5.75 Å². The minimum absolute atomic E-state index is 0.0142. The molecule has 3 nitrogen and oxygen atoms in total. The van der Waals surface area contributed by atoms with Gasteiger partial charge in [-0.25, -0.2) is 4.98 Å². The van der Waals surface area contributed by atoms with E-state index in [1.165, 1.54) is 16.9 Å². The first-order valence-corrected chi connectivity index (χ1v) is 6.19. The summed E-state index contributed by atoms with van der Waals surface area (Å²) in [7, 11) is 1.66. The quantitative estimate of drug-likeness (QED) is 0.909. The van der Waals surface area contributed by atoms with Crippen LogP contribution in [-0.2, 0) is 6.61 Å². The van der Waals surface area contributed by atoms with Gasteiger partial charge in [-0.2, -0.15) is 0 Å². The number of hydrogen-bond acceptors (Lipinski definition) is 4. The molecule has 17 heavy (non-hydrogen) atoms. The van der Waals surface area contributed by atoms with Crippen LogP contribution in [0.1, 0.15) is 15.4 Å². The minimum atomic E-state index is -0.0142. The Morgan fingerprint density at radius 2 is 2.12 bits per heavy atom. The van der Waals surface area contributed by atoms with E-state index < -0.39 is 0 Å². The van der Waals surface area contributed by atoms with Crippen LogP contribution in [0.2, 0.25) is 0 Å². The zero-order valence-electron chi connectivity index (χ0n) is 10.2. The lowest BCUT2D eigenvalue weighted by Gasteiger charge is -2.08. The molecule has 1 N–H and O–H groups in total. The van der Waals surface area contributed by atoms with Crippen LogP contribution in [0, 0.1) is 13.8 Å². The van der Waals surface area contributed by atoms with Gasteiger partial charge in [-0.1, -0.05) is 11.6 Å². The van der Waals surface area contributed by atoms with E-state index in [9.17, 15) is 0 Å². The smallest absolute Gasteiger partial charge is 0.128 e. The van der Waals surface area contributed by atoms with Crippen LogP contribution >= 0.6 is 11.3 Å². The summed E-state index contributed by atoms with van der Waals surface area (Å²) in [6, 6.07) is 6.01. The van der Waals surface area contributed by atoms with E-state index in [1.54, 1.807) is 7.11 Å². The maximum atomic E-state index is 9.12. The summed E-state index contributed by atoms with van der Waals surface area (Å²) in [5, 5.41) is 9.86. The van der Waals surface area contributed by atoms with E-state index in [1.807, 2.05) is 26.0 Å². The molecule has 0 radical (unpaired) electrons. The third-order valence-corrected chi connectivity index (χ3v) is 3.54. The number of nitrogens with zero attached hydrogens (tertiary/aromatic N) is 1. The normalized spacial score (nSPS) is 10.6. The summed E-state index contributed by atoms with van der Waals surface area (Å²) in [6.07, 6.45) is 0. The summed E-state index contributed by atoms with van der Waals surface area (Å²) in [5.74, 6) is 0.813. The molecule has 4 heteroatoms. The number of rotatable bonds is 3. The highest BCUT2D eigenvalue weighted by Crippen LogP contribution is 2.34. The van der Waals surface area contributed by atoms with Crippen LogP contribution < -0.4 is 4.74 Å². The summed E-state index contributed by atoms with van der Waals surface area (Å²) in [5.41, 5.74) is 3.05. The van der Waals surface area contributed by atoms with Gasteiger partial charge < -0.3 is 9.84 Å². The number of methoxy groups -OCH3 is 1. The number of aliphatic hydroxyl groups excluding tert-OH is 1. The monoisotopic (exact) mass is 249 g/mol. The lowest BCUT2D eigenvalue weighted by Crippen LogP contribution is -1.91. The van der Waals surface area contributed by atoms with Gasteiger partial charge in [0.25, 0.3) is 0 Å². The second-order valence-corrected chi connectivity index (χ2v) is 5.16. The van der Waals surface area contributed by atoms with Gasteiger partial charge in [0.15, 0.2) is 0 Å². The van der Waals surface area contributed by atoms with Gasteiger partial charge in [-0.05, 0) is 26.0 Å². The van der Waals surface area contributed by atoms with E-state index in [0.29, 0.717) is 0 Å². The molecule has 1 heterocycles. The molecule has 90 valence electrons. The zero-order chi connectivity index (χ0) is 12.4. The van der Waals surface area contributed by atoms with Crippen molar-refractivity contribution in [1.82, 2.24) is 4.98 Å². The fraction of sp³-hybridized carbons (Fsp3) is 0.308. The Bertz CT molecular complexity index is 534. The van der Waals surface area contributed by atoms with Gasteiger partial charge in [0, 0.05) is 10.4 Å². The molecule has 0 saturated heterocycles. The number of aryl methyl sites for hydroxylation is 2. The largest absolute Gasteiger partial charge is 0.496 e. The van der Waals surface area contributed by atoms with Crippen molar-refractivity contribution in [3.05, 3.63) is 33.6 Å². The first-order chi connectivity index (χ1) is 8.15. The maximum Gasteiger partial charge on any atom is 0.128 e. The van der Waals surface area contributed by atoms with Gasteiger partial charge in [0.05, 0.1) is 19.4 Å². The second-order valence-electron chi connectivity index (χ2n) is 3.87. The molecule has 0 amide bonds. The van der Waals surface area contributed by atoms with Crippen LogP contribution in [-0.4, -0.2) is 17.2 Å². The number of benzene rings is 1. The van der Waals surface area contributed by atoms with Crippen molar-refractivity contribution >= 4 is 11.3 Å². The fourth-order valence-corrected chi connectivity index (χ4v) is 2.58. The fourth-order valence-electron chi connectivity index (χ4n) is 1.78. The van der Waals surface area contributed by atoms with Gasteiger partial charge in [0.2, 0.25) is 0 Å². The van der Waals surface area contributed by atoms with Crippen molar-refractivity contribution in [3.8, 4) is 17.0 Å². The van der Waals surface area contributed by atoms with Crippen molar-refractivity contribution < 1.29 is 9.84 Å². The topological polar surface area (TPSA) is 42.4 Å². The van der Waals surface area contributed by atoms with E-state index in [2.05, 4.69) is 11.1 Å². The average molecular weight is 249 g/mol. The molecule has 0 unspecified atom stereocenters. The van der Waals surface area contributed by atoms with Crippen molar-refractivity contribution in [3.63, 3.8) is 0 Å². The van der Waals surface area contributed by atoms with Crippen molar-refractivity contribution in [1.29, 1.82) is 0 Å². The van der Waals surface area contributed by atoms with E-state index in [-0.39, 0.29) is 6.61 Å². The Balaban J connectivity index is 2.58. The Morgan fingerprint density at radius 1 is 1.35 bits per heavy atom. The molecule has 0 bridgehead atoms. The SMILES string of the molecule is COc1ccc(C)cc1-c1nc(CO)sc1C. The van der Waals surface area contributed by atoms with E-state index >= 15 is 0 Å². The van der Waals surface area contributed by atoms with Crippen molar-refractivity contribution in [2.24, 2.45) is 0 Å². The van der Waals surface area contributed by atoms with Crippen molar-refractivity contribution in [2.45, 2.75) is 20.5 Å². The molecule has 1 aromatic carbocycles. The summed E-state index contributed by atoms with van der Waals surface area (Å²) in [6.45, 7) is 4.03. The number of ether oxygens (including phenoxy) is 1. The Hall–Kier alpha value is -1.39. The van der Waals surface area contributed by atoms with Gasteiger partial charge >= 0.3 is 0 Å². The zero-order valence-corrected chi connectivity index (χ0v) is 11.0. The molecule has 0 fully saturated rings. The molecular weight excluding hydrogens is 234 g/mol. The second kappa shape index (κ2) is 4.85. The predicted octanol–water partition coefficient (Wildman–Crippen LogP) is 2.93. The molecule has 2 aromatic rings. The summed E-state index contributed by atoms with van der Waals surface area (Å²) >= 11 is 1.52. The van der Waals surface area contributed by atoms with Gasteiger partial charge in [-0.15, -0.1) is 11.3 Å². The highest BCUT2D eigenvalue weighted by atomic mass is 32.1. The number of hydrogen-bond donors (Lipinski definition) is 1. The van der Waals surface area contributed by atoms with Gasteiger partial charge in [0.1, 0.15) is 10.8 Å². The maximum absolute atomic E-state index is 9.12. The van der Waals surface area contributed by atoms with Gasteiger partial charge in [-0.3, -0.25) is 0 Å². The number of aromatic nitrogens is 1. The highest BCUT2D eigenvalue weighted by Gasteiger charge is 2.13. The molecule has 1 aromatic heterocycles. The Morgan fingerprint density at radius 3 is 2.71 bits per heavy atom. The van der Waals surface area contributed by atoms with E-state index in [4.69, 9.17) is 9.84 Å². The third-order valence-electron chi connectivity index (χ3n) is 2.59. The lowest BCUT2D eigenvalue weighted by molar-refractivity contribution is 0.281. The molecule has 0 aliphatic carbocycles. The van der Waals surface area contributed by atoms with Crippen LogP contribution in [0.4, 0.5) is 0 Å². The first-order valence-electron chi connectivity index (χ1n) is 5.38. The first kappa shape index (κ1) is 12.1. The third kappa shape index (κ3) is 2.33. The predicted molar refractivity (Wildman–Crippen MR) is 69.5 cm³/mol. The average Bonchev–Trinajstić information content (AvgIpc) is 2.70. The molecular formula is C13H15NO2S. The number of aliphatic hydroxyl groups is 1. The lowest BCUT2D eigenvalue weighted by atomic mass is 10.1. The highest BCUT2D eigenvalue weighted by molar-refractivity contribution is 7.12. The Labute approximate surface area is 105 Å². The standard InChI is InChI=1S/C13H15NO2S/c1-8-4-5-11(16-3)10(6-8)13-9(2)17-12(7-15)14-13/h4-6,15H,7H2,1-3H3. The number of thiazole rings is 1. The molecule has 2 rings (SSSR count). The van der Waals surface area contributed by atoms with Crippen molar-refractivity contribution in [2.75, 3.05) is 7.11 Å². The molecule has 0 atom stereocenters.